The van der Waals surface area contributed by atoms with Gasteiger partial charge in [0.2, 0.25) is 0 Å². The van der Waals surface area contributed by atoms with E-state index >= 15 is 0 Å². The van der Waals surface area contributed by atoms with E-state index in [1.54, 1.807) is 11.3 Å². The Hall–Kier alpha value is -1.07. The molecule has 3 rings (SSSR count). The summed E-state index contributed by atoms with van der Waals surface area (Å²) in [5.41, 5.74) is 0. The fraction of sp³-hybridized carbons (Fsp3) is 0.688. The Bertz CT molecular complexity index is 487. The first-order valence-corrected chi connectivity index (χ1v) is 8.75. The second kappa shape index (κ2) is 6.36. The summed E-state index contributed by atoms with van der Waals surface area (Å²) in [6.07, 6.45) is 6.09. The van der Waals surface area contributed by atoms with Gasteiger partial charge in [-0.05, 0) is 51.8 Å². The van der Waals surface area contributed by atoms with Gasteiger partial charge in [0.1, 0.15) is 0 Å². The summed E-state index contributed by atoms with van der Waals surface area (Å²) in [6, 6.07) is 5.80. The molecule has 5 heteroatoms. The highest BCUT2D eigenvalue weighted by atomic mass is 32.1. The Morgan fingerprint density at radius 3 is 2.67 bits per heavy atom. The number of rotatable bonds is 3. The van der Waals surface area contributed by atoms with Crippen LogP contribution >= 0.6 is 11.3 Å². The van der Waals surface area contributed by atoms with Crippen molar-refractivity contribution in [1.82, 2.24) is 15.5 Å². The minimum atomic E-state index is -0.0197. The molecular formula is C16H25N3OS. The normalized spacial score (nSPS) is 29.1. The maximum atomic E-state index is 12.1. The van der Waals surface area contributed by atoms with Crippen molar-refractivity contribution in [3.8, 4) is 0 Å². The zero-order chi connectivity index (χ0) is 14.8. The summed E-state index contributed by atoms with van der Waals surface area (Å²) in [6.45, 7) is 2.72. The van der Waals surface area contributed by atoms with Crippen LogP contribution in [0.25, 0.3) is 0 Å². The number of fused-ring (bicyclic) bond motifs is 2. The van der Waals surface area contributed by atoms with Gasteiger partial charge in [-0.3, -0.25) is 0 Å². The van der Waals surface area contributed by atoms with Gasteiger partial charge in [-0.1, -0.05) is 6.42 Å². The van der Waals surface area contributed by atoms with Gasteiger partial charge in [0, 0.05) is 27.9 Å². The van der Waals surface area contributed by atoms with E-state index in [1.807, 2.05) is 0 Å². The standard InChI is InChI=1S/C16H25N3OS/c1-11-6-7-15(21-11)10-17-16(20)18-12-8-13-4-3-5-14(9-12)19(13)2/h6-7,12-14H,3-5,8-10H2,1-2H3,(H2,17,18,20). The molecule has 2 fully saturated rings. The Morgan fingerprint density at radius 2 is 2.05 bits per heavy atom. The highest BCUT2D eigenvalue weighted by Crippen LogP contribution is 2.32. The molecule has 0 aliphatic carbocycles. The fourth-order valence-electron chi connectivity index (χ4n) is 3.72. The number of carbonyl (C=O) groups is 1. The summed E-state index contributed by atoms with van der Waals surface area (Å²) < 4.78 is 0. The van der Waals surface area contributed by atoms with E-state index in [9.17, 15) is 4.79 Å². The number of amides is 2. The van der Waals surface area contributed by atoms with Crippen molar-refractivity contribution in [3.05, 3.63) is 21.9 Å². The Morgan fingerprint density at radius 1 is 1.33 bits per heavy atom. The second-order valence-electron chi connectivity index (χ2n) is 6.41. The Balaban J connectivity index is 1.47. The smallest absolute Gasteiger partial charge is 0.315 e. The van der Waals surface area contributed by atoms with Crippen molar-refractivity contribution in [3.63, 3.8) is 0 Å². The lowest BCUT2D eigenvalue weighted by atomic mass is 9.82. The quantitative estimate of drug-likeness (QED) is 0.902. The van der Waals surface area contributed by atoms with Crippen LogP contribution in [0, 0.1) is 6.92 Å². The van der Waals surface area contributed by atoms with Gasteiger partial charge in [-0.15, -0.1) is 11.3 Å². The summed E-state index contributed by atoms with van der Waals surface area (Å²) in [4.78, 5) is 17.1. The van der Waals surface area contributed by atoms with Gasteiger partial charge in [-0.25, -0.2) is 4.79 Å². The van der Waals surface area contributed by atoms with Gasteiger partial charge >= 0.3 is 6.03 Å². The van der Waals surface area contributed by atoms with Gasteiger partial charge in [0.05, 0.1) is 6.54 Å². The number of urea groups is 1. The molecule has 0 radical (unpaired) electrons. The monoisotopic (exact) mass is 307 g/mol. The molecular weight excluding hydrogens is 282 g/mol. The predicted octanol–water partition coefficient (Wildman–Crippen LogP) is 2.87. The van der Waals surface area contributed by atoms with E-state index in [0.29, 0.717) is 24.7 Å². The molecule has 2 atom stereocenters. The van der Waals surface area contributed by atoms with Crippen molar-refractivity contribution in [2.75, 3.05) is 7.05 Å². The Kier molecular flexibility index (Phi) is 4.50. The first-order valence-electron chi connectivity index (χ1n) is 7.93. The number of nitrogens with one attached hydrogen (secondary N) is 2. The molecule has 2 unspecified atom stereocenters. The second-order valence-corrected chi connectivity index (χ2v) is 7.78. The number of hydrogen-bond donors (Lipinski definition) is 2. The average Bonchev–Trinajstić information content (AvgIpc) is 2.83. The van der Waals surface area contributed by atoms with Crippen molar-refractivity contribution in [2.24, 2.45) is 0 Å². The van der Waals surface area contributed by atoms with Crippen LogP contribution in [0.4, 0.5) is 4.79 Å². The molecule has 2 bridgehead atoms. The predicted molar refractivity (Wildman–Crippen MR) is 86.6 cm³/mol. The molecule has 1 aromatic heterocycles. The molecule has 0 spiro atoms. The molecule has 2 amide bonds. The van der Waals surface area contributed by atoms with Crippen molar-refractivity contribution in [1.29, 1.82) is 0 Å². The SMILES string of the molecule is Cc1ccc(CNC(=O)NC2CC3CCCC(C2)N3C)s1. The van der Waals surface area contributed by atoms with Crippen LogP contribution < -0.4 is 10.6 Å². The molecule has 2 saturated heterocycles. The lowest BCUT2D eigenvalue weighted by Crippen LogP contribution is -2.56. The van der Waals surface area contributed by atoms with E-state index < -0.39 is 0 Å². The number of hydrogen-bond acceptors (Lipinski definition) is 3. The first kappa shape index (κ1) is 14.9. The maximum absolute atomic E-state index is 12.1. The molecule has 2 aliphatic heterocycles. The molecule has 0 aromatic carbocycles. The molecule has 0 saturated carbocycles. The lowest BCUT2D eigenvalue weighted by molar-refractivity contribution is 0.0509. The molecule has 2 aliphatic rings. The summed E-state index contributed by atoms with van der Waals surface area (Å²) in [5, 5.41) is 6.16. The topological polar surface area (TPSA) is 44.4 Å². The zero-order valence-electron chi connectivity index (χ0n) is 12.9. The zero-order valence-corrected chi connectivity index (χ0v) is 13.7. The molecule has 4 nitrogen and oxygen atoms in total. The average molecular weight is 307 g/mol. The maximum Gasteiger partial charge on any atom is 0.315 e. The van der Waals surface area contributed by atoms with Gasteiger partial charge in [0.15, 0.2) is 0 Å². The number of carbonyl (C=O) groups excluding carboxylic acids is 1. The van der Waals surface area contributed by atoms with Gasteiger partial charge < -0.3 is 15.5 Å². The van der Waals surface area contributed by atoms with Gasteiger partial charge in [0.25, 0.3) is 0 Å². The molecule has 21 heavy (non-hydrogen) atoms. The fourth-order valence-corrected chi connectivity index (χ4v) is 4.55. The molecule has 3 heterocycles. The highest BCUT2D eigenvalue weighted by Gasteiger charge is 2.36. The largest absolute Gasteiger partial charge is 0.335 e. The number of nitrogens with zero attached hydrogens (tertiary/aromatic N) is 1. The minimum Gasteiger partial charge on any atom is -0.335 e. The number of piperidine rings is 2. The van der Waals surface area contributed by atoms with Crippen molar-refractivity contribution < 1.29 is 4.79 Å². The molecule has 116 valence electrons. The molecule has 1 aromatic rings. The number of thiophene rings is 1. The van der Waals surface area contributed by atoms with E-state index in [1.165, 1.54) is 29.0 Å². The Labute approximate surface area is 130 Å². The van der Waals surface area contributed by atoms with Crippen LogP contribution in [0.5, 0.6) is 0 Å². The van der Waals surface area contributed by atoms with Crippen LogP contribution in [-0.2, 0) is 6.54 Å². The van der Waals surface area contributed by atoms with Crippen LogP contribution in [-0.4, -0.2) is 36.1 Å². The van der Waals surface area contributed by atoms with Crippen molar-refractivity contribution in [2.45, 2.75) is 63.7 Å². The van der Waals surface area contributed by atoms with Crippen LogP contribution in [0.2, 0.25) is 0 Å². The minimum absolute atomic E-state index is 0.0197. The third kappa shape index (κ3) is 3.58. The first-order chi connectivity index (χ1) is 10.1. The van der Waals surface area contributed by atoms with E-state index in [2.05, 4.69) is 41.6 Å². The van der Waals surface area contributed by atoms with Crippen LogP contribution in [0.3, 0.4) is 0 Å². The summed E-state index contributed by atoms with van der Waals surface area (Å²) in [7, 11) is 2.24. The van der Waals surface area contributed by atoms with Crippen LogP contribution in [0.15, 0.2) is 12.1 Å². The third-order valence-corrected chi connectivity index (χ3v) is 5.89. The summed E-state index contributed by atoms with van der Waals surface area (Å²) >= 11 is 1.74. The van der Waals surface area contributed by atoms with Crippen molar-refractivity contribution >= 4 is 17.4 Å². The lowest BCUT2D eigenvalue weighted by Gasteiger charge is -2.47. The van der Waals surface area contributed by atoms with E-state index in [0.717, 1.165) is 12.8 Å². The van der Waals surface area contributed by atoms with Gasteiger partial charge in [-0.2, -0.15) is 0 Å². The third-order valence-electron chi connectivity index (χ3n) is 4.89. The highest BCUT2D eigenvalue weighted by molar-refractivity contribution is 7.11. The summed E-state index contributed by atoms with van der Waals surface area (Å²) in [5.74, 6) is 0. The van der Waals surface area contributed by atoms with E-state index in [-0.39, 0.29) is 6.03 Å². The van der Waals surface area contributed by atoms with Crippen LogP contribution in [0.1, 0.15) is 41.9 Å². The van der Waals surface area contributed by atoms with E-state index in [4.69, 9.17) is 0 Å². The molecule has 2 N–H and O–H groups in total. The number of aryl methyl sites for hydroxylation is 1.